The summed E-state index contributed by atoms with van der Waals surface area (Å²) in [7, 11) is 0. The van der Waals surface area contributed by atoms with Gasteiger partial charge in [0.25, 0.3) is 0 Å². The lowest BCUT2D eigenvalue weighted by Crippen LogP contribution is -2.01. The predicted molar refractivity (Wildman–Crippen MR) is 84.8 cm³/mol. The number of benzene rings is 1. The van der Waals surface area contributed by atoms with Crippen molar-refractivity contribution in [3.63, 3.8) is 0 Å². The fourth-order valence-corrected chi connectivity index (χ4v) is 1.79. The Kier molecular flexibility index (Phi) is 6.39. The van der Waals surface area contributed by atoms with Crippen LogP contribution in [0.3, 0.4) is 0 Å². The van der Waals surface area contributed by atoms with E-state index in [0.29, 0.717) is 12.6 Å². The Morgan fingerprint density at radius 3 is 2.50 bits per heavy atom. The normalized spacial score (nSPS) is 10.2. The molecule has 0 unspecified atom stereocenters. The maximum absolute atomic E-state index is 5.42. The van der Waals surface area contributed by atoms with Crippen molar-refractivity contribution in [3.05, 3.63) is 42.2 Å². The highest BCUT2D eigenvalue weighted by Gasteiger charge is 2.01. The fourth-order valence-electron chi connectivity index (χ4n) is 1.79. The van der Waals surface area contributed by atoms with Crippen LogP contribution in [0.5, 0.6) is 5.75 Å². The van der Waals surface area contributed by atoms with Gasteiger partial charge in [-0.05, 0) is 38.5 Å². The van der Waals surface area contributed by atoms with E-state index >= 15 is 0 Å². The van der Waals surface area contributed by atoms with Gasteiger partial charge in [0.05, 0.1) is 18.5 Å². The van der Waals surface area contributed by atoms with E-state index in [1.807, 2.05) is 36.1 Å². The molecule has 4 nitrogen and oxygen atoms in total. The van der Waals surface area contributed by atoms with Crippen molar-refractivity contribution in [3.8, 4) is 5.75 Å². The highest BCUT2D eigenvalue weighted by Crippen LogP contribution is 2.14. The second kappa shape index (κ2) is 7.80. The van der Waals surface area contributed by atoms with Crippen LogP contribution in [0, 0.1) is 0 Å². The van der Waals surface area contributed by atoms with Crippen molar-refractivity contribution >= 4 is 18.1 Å². The minimum atomic E-state index is 0. The lowest BCUT2D eigenvalue weighted by Gasteiger charge is -2.06. The molecule has 2 aromatic rings. The van der Waals surface area contributed by atoms with Crippen molar-refractivity contribution in [1.29, 1.82) is 0 Å². The van der Waals surface area contributed by atoms with Gasteiger partial charge in [-0.3, -0.25) is 4.68 Å². The second-order valence-corrected chi connectivity index (χ2v) is 4.73. The van der Waals surface area contributed by atoms with Gasteiger partial charge in [-0.1, -0.05) is 12.1 Å². The summed E-state index contributed by atoms with van der Waals surface area (Å²) in [4.78, 5) is 0. The second-order valence-electron chi connectivity index (χ2n) is 4.73. The summed E-state index contributed by atoms with van der Waals surface area (Å²) in [5.74, 6) is 0.916. The number of ether oxygens (including phenoxy) is 1. The summed E-state index contributed by atoms with van der Waals surface area (Å²) in [5, 5.41) is 7.66. The van der Waals surface area contributed by atoms with E-state index in [1.165, 1.54) is 5.56 Å². The lowest BCUT2D eigenvalue weighted by atomic mass is 10.2. The Morgan fingerprint density at radius 1 is 1.25 bits per heavy atom. The third kappa shape index (κ3) is 4.46. The van der Waals surface area contributed by atoms with Crippen LogP contribution in [0.1, 0.15) is 32.4 Å². The Morgan fingerprint density at radius 2 is 1.95 bits per heavy atom. The van der Waals surface area contributed by atoms with Gasteiger partial charge in [0.15, 0.2) is 0 Å². The molecule has 2 rings (SSSR count). The molecule has 1 heterocycles. The molecule has 0 aliphatic rings. The number of hydrogen-bond acceptors (Lipinski definition) is 3. The third-order valence-corrected chi connectivity index (χ3v) is 2.86. The summed E-state index contributed by atoms with van der Waals surface area (Å²) < 4.78 is 7.36. The average molecular weight is 296 g/mol. The van der Waals surface area contributed by atoms with E-state index in [-0.39, 0.29) is 12.4 Å². The molecule has 0 saturated carbocycles. The smallest absolute Gasteiger partial charge is 0.119 e. The summed E-state index contributed by atoms with van der Waals surface area (Å²) in [5.41, 5.74) is 2.27. The maximum Gasteiger partial charge on any atom is 0.119 e. The van der Waals surface area contributed by atoms with E-state index in [1.54, 1.807) is 0 Å². The summed E-state index contributed by atoms with van der Waals surface area (Å²) in [6.45, 7) is 7.70. The highest BCUT2D eigenvalue weighted by atomic mass is 35.5. The molecule has 20 heavy (non-hydrogen) atoms. The van der Waals surface area contributed by atoms with Crippen molar-refractivity contribution in [1.82, 2.24) is 9.78 Å². The Balaban J connectivity index is 0.00000200. The van der Waals surface area contributed by atoms with Gasteiger partial charge in [-0.25, -0.2) is 0 Å². The Hall–Kier alpha value is -1.68. The van der Waals surface area contributed by atoms with E-state index in [4.69, 9.17) is 4.74 Å². The molecule has 1 aromatic heterocycles. The van der Waals surface area contributed by atoms with Crippen LogP contribution in [0.15, 0.2) is 36.7 Å². The minimum absolute atomic E-state index is 0. The molecule has 0 fully saturated rings. The molecule has 0 bridgehead atoms. The first-order chi connectivity index (χ1) is 9.19. The monoisotopic (exact) mass is 295 g/mol. The minimum Gasteiger partial charge on any atom is -0.494 e. The van der Waals surface area contributed by atoms with Crippen molar-refractivity contribution < 1.29 is 4.74 Å². The molecule has 1 aromatic carbocycles. The number of anilines is 1. The number of rotatable bonds is 6. The first-order valence-electron chi connectivity index (χ1n) is 6.69. The topological polar surface area (TPSA) is 39.1 Å². The maximum atomic E-state index is 5.42. The number of halogens is 1. The zero-order chi connectivity index (χ0) is 13.7. The number of aromatic nitrogens is 2. The summed E-state index contributed by atoms with van der Waals surface area (Å²) in [6, 6.07) is 8.53. The van der Waals surface area contributed by atoms with E-state index in [9.17, 15) is 0 Å². The van der Waals surface area contributed by atoms with Crippen LogP contribution in [0.25, 0.3) is 0 Å². The molecule has 0 amide bonds. The standard InChI is InChI=1S/C15H21N3O.ClH/c1-4-19-15-7-5-13(6-8-15)9-16-14-10-17-18(11-14)12(2)3;/h5-8,10-12,16H,4,9H2,1-3H3;1H. The molecular formula is C15H22ClN3O. The number of hydrogen-bond donors (Lipinski definition) is 1. The van der Waals surface area contributed by atoms with Crippen LogP contribution in [-0.2, 0) is 6.54 Å². The van der Waals surface area contributed by atoms with Gasteiger partial charge in [0.1, 0.15) is 5.75 Å². The van der Waals surface area contributed by atoms with Crippen LogP contribution in [0.2, 0.25) is 0 Å². The molecule has 0 aliphatic heterocycles. The first-order valence-corrected chi connectivity index (χ1v) is 6.69. The molecule has 0 atom stereocenters. The van der Waals surface area contributed by atoms with Gasteiger partial charge in [0, 0.05) is 18.8 Å². The molecular weight excluding hydrogens is 274 g/mol. The van der Waals surface area contributed by atoms with E-state index in [2.05, 4.69) is 36.4 Å². The van der Waals surface area contributed by atoms with Crippen molar-refractivity contribution in [2.24, 2.45) is 0 Å². The average Bonchev–Trinajstić information content (AvgIpc) is 2.87. The number of nitrogens with zero attached hydrogens (tertiary/aromatic N) is 2. The zero-order valence-corrected chi connectivity index (χ0v) is 13.0. The molecule has 5 heteroatoms. The summed E-state index contributed by atoms with van der Waals surface area (Å²) in [6.07, 6.45) is 3.88. The van der Waals surface area contributed by atoms with E-state index < -0.39 is 0 Å². The quantitative estimate of drug-likeness (QED) is 0.878. The Bertz CT molecular complexity index is 508. The van der Waals surface area contributed by atoms with Crippen molar-refractivity contribution in [2.45, 2.75) is 33.4 Å². The fraction of sp³-hybridized carbons (Fsp3) is 0.400. The molecule has 0 radical (unpaired) electrons. The largest absolute Gasteiger partial charge is 0.494 e. The van der Waals surface area contributed by atoms with Crippen LogP contribution in [0.4, 0.5) is 5.69 Å². The molecule has 0 aliphatic carbocycles. The molecule has 1 N–H and O–H groups in total. The zero-order valence-electron chi connectivity index (χ0n) is 12.2. The van der Waals surface area contributed by atoms with Gasteiger partial charge in [-0.15, -0.1) is 12.4 Å². The van der Waals surface area contributed by atoms with Gasteiger partial charge in [0.2, 0.25) is 0 Å². The van der Waals surface area contributed by atoms with Crippen LogP contribution in [-0.4, -0.2) is 16.4 Å². The first kappa shape index (κ1) is 16.4. The molecule has 0 saturated heterocycles. The summed E-state index contributed by atoms with van der Waals surface area (Å²) >= 11 is 0. The molecule has 110 valence electrons. The van der Waals surface area contributed by atoms with E-state index in [0.717, 1.165) is 18.0 Å². The Labute approximate surface area is 126 Å². The van der Waals surface area contributed by atoms with Gasteiger partial charge in [-0.2, -0.15) is 5.10 Å². The van der Waals surface area contributed by atoms with Crippen LogP contribution < -0.4 is 10.1 Å². The number of nitrogens with one attached hydrogen (secondary N) is 1. The molecule has 0 spiro atoms. The van der Waals surface area contributed by atoms with Crippen LogP contribution >= 0.6 is 12.4 Å². The lowest BCUT2D eigenvalue weighted by molar-refractivity contribution is 0.340. The van der Waals surface area contributed by atoms with Gasteiger partial charge < -0.3 is 10.1 Å². The SMILES string of the molecule is CCOc1ccc(CNc2cnn(C(C)C)c2)cc1.Cl. The van der Waals surface area contributed by atoms with Gasteiger partial charge >= 0.3 is 0 Å². The predicted octanol–water partition coefficient (Wildman–Crippen LogP) is 3.90. The third-order valence-electron chi connectivity index (χ3n) is 2.86. The van der Waals surface area contributed by atoms with Crippen molar-refractivity contribution in [2.75, 3.05) is 11.9 Å². The highest BCUT2D eigenvalue weighted by molar-refractivity contribution is 5.85.